The van der Waals surface area contributed by atoms with Crippen molar-refractivity contribution in [2.45, 2.75) is 0 Å². The predicted octanol–water partition coefficient (Wildman–Crippen LogP) is 2.18. The van der Waals surface area contributed by atoms with Gasteiger partial charge in [0.05, 0.1) is 32.6 Å². The van der Waals surface area contributed by atoms with Gasteiger partial charge in [0.15, 0.2) is 0 Å². The molecule has 0 saturated heterocycles. The van der Waals surface area contributed by atoms with Gasteiger partial charge in [-0.2, -0.15) is 0 Å². The fourth-order valence-electron chi connectivity index (χ4n) is 2.08. The van der Waals surface area contributed by atoms with E-state index in [4.69, 9.17) is 14.2 Å². The smallest absolute Gasteiger partial charge is 0.338 e. The molecule has 0 aliphatic rings. The molecule has 0 unspecified atom stereocenters. The SMILES string of the molecule is COc1ccc(OC)c(NC(=O)NNC(=O)c2ccccc2OC)c1. The number of rotatable bonds is 5. The van der Waals surface area contributed by atoms with E-state index in [1.807, 2.05) is 0 Å². The number of anilines is 1. The van der Waals surface area contributed by atoms with Crippen LogP contribution in [0.15, 0.2) is 42.5 Å². The molecule has 0 atom stereocenters. The largest absolute Gasteiger partial charge is 0.497 e. The summed E-state index contributed by atoms with van der Waals surface area (Å²) >= 11 is 0. The second-order valence-corrected chi connectivity index (χ2v) is 4.80. The van der Waals surface area contributed by atoms with Crippen molar-refractivity contribution < 1.29 is 23.8 Å². The summed E-state index contributed by atoms with van der Waals surface area (Å²) in [5.41, 5.74) is 5.26. The molecule has 0 saturated carbocycles. The molecule has 0 aliphatic heterocycles. The van der Waals surface area contributed by atoms with Gasteiger partial charge in [-0.1, -0.05) is 12.1 Å². The van der Waals surface area contributed by atoms with E-state index in [0.717, 1.165) is 0 Å². The molecule has 2 aromatic rings. The lowest BCUT2D eigenvalue weighted by atomic mass is 10.2. The highest BCUT2D eigenvalue weighted by atomic mass is 16.5. The van der Waals surface area contributed by atoms with Crippen LogP contribution in [-0.4, -0.2) is 33.3 Å². The van der Waals surface area contributed by atoms with Gasteiger partial charge in [-0.05, 0) is 24.3 Å². The van der Waals surface area contributed by atoms with Gasteiger partial charge >= 0.3 is 6.03 Å². The standard InChI is InChI=1S/C17H19N3O5/c1-23-11-8-9-15(25-3)13(10-11)18-17(22)20-19-16(21)12-6-4-5-7-14(12)24-2/h4-10H,1-3H3,(H,19,21)(H2,18,20,22). The molecule has 2 aromatic carbocycles. The number of urea groups is 1. The molecular weight excluding hydrogens is 326 g/mol. The summed E-state index contributed by atoms with van der Waals surface area (Å²) in [4.78, 5) is 24.1. The summed E-state index contributed by atoms with van der Waals surface area (Å²) in [6, 6.07) is 11.0. The van der Waals surface area contributed by atoms with Crippen LogP contribution in [0, 0.1) is 0 Å². The number of carbonyl (C=O) groups excluding carboxylic acids is 2. The van der Waals surface area contributed by atoms with Crippen LogP contribution in [-0.2, 0) is 0 Å². The van der Waals surface area contributed by atoms with E-state index in [0.29, 0.717) is 28.5 Å². The second kappa shape index (κ2) is 8.44. The van der Waals surface area contributed by atoms with Crippen LogP contribution < -0.4 is 30.4 Å². The number of hydrogen-bond donors (Lipinski definition) is 3. The summed E-state index contributed by atoms with van der Waals surface area (Å²) in [7, 11) is 4.45. The summed E-state index contributed by atoms with van der Waals surface area (Å²) in [6.45, 7) is 0. The van der Waals surface area contributed by atoms with E-state index in [1.54, 1.807) is 42.5 Å². The van der Waals surface area contributed by atoms with Gasteiger partial charge in [0, 0.05) is 6.07 Å². The first-order valence-corrected chi connectivity index (χ1v) is 7.31. The summed E-state index contributed by atoms with van der Waals surface area (Å²) in [5, 5.41) is 2.57. The predicted molar refractivity (Wildman–Crippen MR) is 92.2 cm³/mol. The highest BCUT2D eigenvalue weighted by Gasteiger charge is 2.13. The number of ether oxygens (including phenoxy) is 3. The molecular formula is C17H19N3O5. The number of benzene rings is 2. The molecule has 0 aromatic heterocycles. The van der Waals surface area contributed by atoms with E-state index >= 15 is 0 Å². The minimum absolute atomic E-state index is 0.296. The third-order valence-corrected chi connectivity index (χ3v) is 3.30. The molecule has 0 heterocycles. The van der Waals surface area contributed by atoms with Crippen molar-refractivity contribution in [1.29, 1.82) is 0 Å². The van der Waals surface area contributed by atoms with Crippen LogP contribution in [0.1, 0.15) is 10.4 Å². The van der Waals surface area contributed by atoms with Gasteiger partial charge in [0.2, 0.25) is 0 Å². The third kappa shape index (κ3) is 4.54. The first-order valence-electron chi connectivity index (χ1n) is 7.31. The van der Waals surface area contributed by atoms with E-state index in [9.17, 15) is 9.59 Å². The fraction of sp³-hybridized carbons (Fsp3) is 0.176. The second-order valence-electron chi connectivity index (χ2n) is 4.80. The number of para-hydroxylation sites is 1. The Kier molecular flexibility index (Phi) is 6.05. The zero-order chi connectivity index (χ0) is 18.2. The van der Waals surface area contributed by atoms with Crippen LogP contribution in [0.2, 0.25) is 0 Å². The van der Waals surface area contributed by atoms with E-state index in [-0.39, 0.29) is 0 Å². The van der Waals surface area contributed by atoms with E-state index in [2.05, 4.69) is 16.2 Å². The minimum Gasteiger partial charge on any atom is -0.497 e. The molecule has 0 spiro atoms. The third-order valence-electron chi connectivity index (χ3n) is 3.30. The Morgan fingerprint density at radius 1 is 0.840 bits per heavy atom. The van der Waals surface area contributed by atoms with Crippen molar-refractivity contribution >= 4 is 17.6 Å². The van der Waals surface area contributed by atoms with Gasteiger partial charge in [-0.25, -0.2) is 10.2 Å². The first kappa shape index (κ1) is 17.9. The number of nitrogens with one attached hydrogen (secondary N) is 3. The first-order chi connectivity index (χ1) is 12.1. The maximum absolute atomic E-state index is 12.1. The quantitative estimate of drug-likeness (QED) is 0.722. The normalized spacial score (nSPS) is 9.72. The van der Waals surface area contributed by atoms with Crippen molar-refractivity contribution in [2.24, 2.45) is 0 Å². The monoisotopic (exact) mass is 345 g/mol. The Hall–Kier alpha value is -3.42. The Labute approximate surface area is 145 Å². The lowest BCUT2D eigenvalue weighted by Crippen LogP contribution is -2.44. The zero-order valence-corrected chi connectivity index (χ0v) is 14.1. The van der Waals surface area contributed by atoms with Gasteiger partial charge in [0.1, 0.15) is 17.2 Å². The molecule has 2 rings (SSSR count). The molecule has 8 heteroatoms. The topological polar surface area (TPSA) is 97.9 Å². The van der Waals surface area contributed by atoms with Crippen molar-refractivity contribution in [3.8, 4) is 17.2 Å². The summed E-state index contributed by atoms with van der Waals surface area (Å²) in [5.74, 6) is 0.892. The average molecular weight is 345 g/mol. The van der Waals surface area contributed by atoms with Gasteiger partial charge < -0.3 is 19.5 Å². The van der Waals surface area contributed by atoms with Gasteiger partial charge in [-0.3, -0.25) is 10.2 Å². The number of amides is 3. The highest BCUT2D eigenvalue weighted by molar-refractivity contribution is 5.99. The molecule has 132 valence electrons. The molecule has 8 nitrogen and oxygen atoms in total. The van der Waals surface area contributed by atoms with Crippen molar-refractivity contribution in [3.63, 3.8) is 0 Å². The molecule has 25 heavy (non-hydrogen) atoms. The molecule has 0 fully saturated rings. The van der Waals surface area contributed by atoms with Gasteiger partial charge in [0.25, 0.3) is 5.91 Å². The zero-order valence-electron chi connectivity index (χ0n) is 14.1. The fourth-order valence-corrected chi connectivity index (χ4v) is 2.08. The number of hydrogen-bond acceptors (Lipinski definition) is 5. The Balaban J connectivity index is 2.00. The molecule has 0 bridgehead atoms. The number of hydrazine groups is 1. The summed E-state index contributed by atoms with van der Waals surface area (Å²) in [6.07, 6.45) is 0. The molecule has 3 amide bonds. The lowest BCUT2D eigenvalue weighted by molar-refractivity contribution is 0.0935. The van der Waals surface area contributed by atoms with Crippen LogP contribution in [0.3, 0.4) is 0 Å². The average Bonchev–Trinajstić information content (AvgIpc) is 2.65. The molecule has 0 aliphatic carbocycles. The van der Waals surface area contributed by atoms with E-state index in [1.165, 1.54) is 21.3 Å². The van der Waals surface area contributed by atoms with Crippen molar-refractivity contribution in [2.75, 3.05) is 26.6 Å². The lowest BCUT2D eigenvalue weighted by Gasteiger charge is -2.13. The Morgan fingerprint density at radius 3 is 2.24 bits per heavy atom. The van der Waals surface area contributed by atoms with Gasteiger partial charge in [-0.15, -0.1) is 0 Å². The molecule has 0 radical (unpaired) electrons. The number of methoxy groups -OCH3 is 3. The van der Waals surface area contributed by atoms with Crippen LogP contribution in [0.4, 0.5) is 10.5 Å². The number of carbonyl (C=O) groups is 2. The van der Waals surface area contributed by atoms with Crippen LogP contribution in [0.5, 0.6) is 17.2 Å². The highest BCUT2D eigenvalue weighted by Crippen LogP contribution is 2.28. The minimum atomic E-state index is -0.644. The summed E-state index contributed by atoms with van der Waals surface area (Å²) < 4.78 is 15.4. The van der Waals surface area contributed by atoms with Crippen LogP contribution in [0.25, 0.3) is 0 Å². The maximum Gasteiger partial charge on any atom is 0.338 e. The van der Waals surface area contributed by atoms with Crippen molar-refractivity contribution in [1.82, 2.24) is 10.9 Å². The maximum atomic E-state index is 12.1. The van der Waals surface area contributed by atoms with E-state index < -0.39 is 11.9 Å². The Morgan fingerprint density at radius 2 is 1.56 bits per heavy atom. The Bertz CT molecular complexity index is 764. The molecule has 3 N–H and O–H groups in total. The van der Waals surface area contributed by atoms with Crippen LogP contribution >= 0.6 is 0 Å². The van der Waals surface area contributed by atoms with Crippen molar-refractivity contribution in [3.05, 3.63) is 48.0 Å².